The van der Waals surface area contributed by atoms with Crippen LogP contribution in [-0.2, 0) is 6.67 Å². The van der Waals surface area contributed by atoms with E-state index in [0.717, 1.165) is 0 Å². The van der Waals surface area contributed by atoms with Gasteiger partial charge in [-0.1, -0.05) is 6.07 Å². The van der Waals surface area contributed by atoms with E-state index in [4.69, 9.17) is 4.74 Å². The van der Waals surface area contributed by atoms with E-state index in [1.165, 1.54) is 10.9 Å². The second-order valence-corrected chi connectivity index (χ2v) is 3.39. The number of methoxy groups -OCH3 is 1. The molecule has 0 radical (unpaired) electrons. The SMILES string of the molecule is CNCn1cnc2cccc(OC)c2c1=O. The Balaban J connectivity index is 2.76. The lowest BCUT2D eigenvalue weighted by Crippen LogP contribution is -2.26. The summed E-state index contributed by atoms with van der Waals surface area (Å²) in [6, 6.07) is 5.37. The molecule has 0 atom stereocenters. The van der Waals surface area contributed by atoms with Gasteiger partial charge in [0.15, 0.2) is 0 Å². The molecule has 2 aromatic rings. The first-order chi connectivity index (χ1) is 7.77. The van der Waals surface area contributed by atoms with E-state index in [0.29, 0.717) is 23.3 Å². The standard InChI is InChI=1S/C11H13N3O2/c1-12-6-14-7-13-8-4-3-5-9(16-2)10(8)11(14)15/h3-5,7,12H,6H2,1-2H3. The van der Waals surface area contributed by atoms with E-state index in [9.17, 15) is 4.79 Å². The number of aromatic nitrogens is 2. The minimum absolute atomic E-state index is 0.100. The zero-order valence-corrected chi connectivity index (χ0v) is 9.23. The first kappa shape index (κ1) is 10.6. The number of nitrogens with zero attached hydrogens (tertiary/aromatic N) is 2. The van der Waals surface area contributed by atoms with Gasteiger partial charge < -0.3 is 10.1 Å². The van der Waals surface area contributed by atoms with Crippen molar-refractivity contribution in [3.63, 3.8) is 0 Å². The summed E-state index contributed by atoms with van der Waals surface area (Å²) in [6.07, 6.45) is 1.53. The minimum Gasteiger partial charge on any atom is -0.496 e. The largest absolute Gasteiger partial charge is 0.496 e. The van der Waals surface area contributed by atoms with E-state index in [1.807, 2.05) is 6.07 Å². The number of benzene rings is 1. The summed E-state index contributed by atoms with van der Waals surface area (Å²) >= 11 is 0. The van der Waals surface area contributed by atoms with E-state index >= 15 is 0 Å². The highest BCUT2D eigenvalue weighted by atomic mass is 16.5. The molecule has 1 aromatic carbocycles. The van der Waals surface area contributed by atoms with E-state index in [-0.39, 0.29) is 5.56 Å². The van der Waals surface area contributed by atoms with Crippen LogP contribution in [-0.4, -0.2) is 23.7 Å². The van der Waals surface area contributed by atoms with E-state index in [2.05, 4.69) is 10.3 Å². The first-order valence-electron chi connectivity index (χ1n) is 4.94. The average molecular weight is 219 g/mol. The van der Waals surface area contributed by atoms with Gasteiger partial charge in [-0.15, -0.1) is 0 Å². The van der Waals surface area contributed by atoms with Crippen molar-refractivity contribution in [3.8, 4) is 5.75 Å². The number of hydrogen-bond donors (Lipinski definition) is 1. The molecular formula is C11H13N3O2. The number of ether oxygens (including phenoxy) is 1. The molecule has 0 fully saturated rings. The fourth-order valence-electron chi connectivity index (χ4n) is 1.62. The third-order valence-electron chi connectivity index (χ3n) is 2.36. The Morgan fingerprint density at radius 1 is 1.50 bits per heavy atom. The number of rotatable bonds is 3. The molecule has 16 heavy (non-hydrogen) atoms. The molecule has 0 aliphatic heterocycles. The molecule has 0 saturated carbocycles. The van der Waals surface area contributed by atoms with E-state index < -0.39 is 0 Å². The summed E-state index contributed by atoms with van der Waals surface area (Å²) in [5.41, 5.74) is 0.550. The van der Waals surface area contributed by atoms with Gasteiger partial charge in [-0.2, -0.15) is 0 Å². The summed E-state index contributed by atoms with van der Waals surface area (Å²) in [7, 11) is 3.32. The molecule has 5 heteroatoms. The normalized spacial score (nSPS) is 10.6. The molecule has 0 unspecified atom stereocenters. The number of hydrogen-bond acceptors (Lipinski definition) is 4. The highest BCUT2D eigenvalue weighted by Crippen LogP contribution is 2.19. The van der Waals surface area contributed by atoms with Crippen molar-refractivity contribution in [2.24, 2.45) is 0 Å². The molecule has 0 bridgehead atoms. The lowest BCUT2D eigenvalue weighted by atomic mass is 10.2. The summed E-state index contributed by atoms with van der Waals surface area (Å²) in [6.45, 7) is 0.430. The second-order valence-electron chi connectivity index (χ2n) is 3.39. The van der Waals surface area contributed by atoms with Crippen molar-refractivity contribution < 1.29 is 4.74 Å². The Bertz CT molecular complexity index is 563. The van der Waals surface area contributed by atoms with Gasteiger partial charge in [0, 0.05) is 0 Å². The molecule has 0 aliphatic carbocycles. The van der Waals surface area contributed by atoms with Gasteiger partial charge in [0.1, 0.15) is 11.1 Å². The van der Waals surface area contributed by atoms with Crippen LogP contribution in [0.5, 0.6) is 5.75 Å². The van der Waals surface area contributed by atoms with Gasteiger partial charge >= 0.3 is 0 Å². The Kier molecular flexibility index (Phi) is 2.87. The number of fused-ring (bicyclic) bond motifs is 1. The molecule has 0 amide bonds. The zero-order valence-electron chi connectivity index (χ0n) is 9.23. The second kappa shape index (κ2) is 4.32. The molecule has 84 valence electrons. The highest BCUT2D eigenvalue weighted by molar-refractivity contribution is 5.83. The maximum absolute atomic E-state index is 12.1. The average Bonchev–Trinajstić information content (AvgIpc) is 2.32. The monoisotopic (exact) mass is 219 g/mol. The predicted octanol–water partition coefficient (Wildman–Crippen LogP) is 0.582. The first-order valence-corrected chi connectivity index (χ1v) is 4.94. The fourth-order valence-corrected chi connectivity index (χ4v) is 1.62. The predicted molar refractivity (Wildman–Crippen MR) is 61.6 cm³/mol. The lowest BCUT2D eigenvalue weighted by Gasteiger charge is -2.07. The van der Waals surface area contributed by atoms with Crippen LogP contribution in [0, 0.1) is 0 Å². The highest BCUT2D eigenvalue weighted by Gasteiger charge is 2.08. The van der Waals surface area contributed by atoms with Crippen molar-refractivity contribution in [2.45, 2.75) is 6.67 Å². The molecule has 1 heterocycles. The van der Waals surface area contributed by atoms with Crippen LogP contribution in [0.1, 0.15) is 0 Å². The molecule has 1 N–H and O–H groups in total. The molecule has 1 aromatic heterocycles. The fraction of sp³-hybridized carbons (Fsp3) is 0.273. The zero-order chi connectivity index (χ0) is 11.5. The molecule has 5 nitrogen and oxygen atoms in total. The Morgan fingerprint density at radius 2 is 2.31 bits per heavy atom. The van der Waals surface area contributed by atoms with E-state index in [1.54, 1.807) is 26.3 Å². The Labute approximate surface area is 92.7 Å². The number of nitrogens with one attached hydrogen (secondary N) is 1. The third-order valence-corrected chi connectivity index (χ3v) is 2.36. The van der Waals surface area contributed by atoms with Crippen LogP contribution in [0.25, 0.3) is 10.9 Å². The van der Waals surface area contributed by atoms with Gasteiger partial charge in [0.05, 0.1) is 25.6 Å². The van der Waals surface area contributed by atoms with Gasteiger partial charge in [-0.05, 0) is 19.2 Å². The van der Waals surface area contributed by atoms with Gasteiger partial charge in [0.2, 0.25) is 0 Å². The van der Waals surface area contributed by atoms with Crippen LogP contribution >= 0.6 is 0 Å². The van der Waals surface area contributed by atoms with Crippen molar-refractivity contribution in [2.75, 3.05) is 14.2 Å². The van der Waals surface area contributed by atoms with Crippen LogP contribution < -0.4 is 15.6 Å². The smallest absolute Gasteiger partial charge is 0.266 e. The van der Waals surface area contributed by atoms with Gasteiger partial charge in [-0.3, -0.25) is 9.36 Å². The van der Waals surface area contributed by atoms with Crippen LogP contribution in [0.4, 0.5) is 0 Å². The van der Waals surface area contributed by atoms with Crippen LogP contribution in [0.2, 0.25) is 0 Å². The quantitative estimate of drug-likeness (QED) is 0.820. The van der Waals surface area contributed by atoms with Crippen LogP contribution in [0.15, 0.2) is 29.3 Å². The van der Waals surface area contributed by atoms with Crippen molar-refractivity contribution in [3.05, 3.63) is 34.9 Å². The lowest BCUT2D eigenvalue weighted by molar-refractivity contribution is 0.419. The summed E-state index contributed by atoms with van der Waals surface area (Å²) in [5.74, 6) is 0.556. The van der Waals surface area contributed by atoms with Gasteiger partial charge in [-0.25, -0.2) is 4.98 Å². The Hall–Kier alpha value is -1.88. The van der Waals surface area contributed by atoms with Crippen molar-refractivity contribution in [1.29, 1.82) is 0 Å². The summed E-state index contributed by atoms with van der Waals surface area (Å²) in [5, 5.41) is 3.43. The molecule has 0 aliphatic rings. The summed E-state index contributed by atoms with van der Waals surface area (Å²) in [4.78, 5) is 16.3. The Morgan fingerprint density at radius 3 is 3.00 bits per heavy atom. The van der Waals surface area contributed by atoms with Crippen molar-refractivity contribution >= 4 is 10.9 Å². The molecule has 2 rings (SSSR count). The minimum atomic E-state index is -0.100. The maximum atomic E-state index is 12.1. The summed E-state index contributed by atoms with van der Waals surface area (Å²) < 4.78 is 6.67. The van der Waals surface area contributed by atoms with Crippen molar-refractivity contribution in [1.82, 2.24) is 14.9 Å². The molecule has 0 saturated heterocycles. The maximum Gasteiger partial charge on any atom is 0.266 e. The molecular weight excluding hydrogens is 206 g/mol. The topological polar surface area (TPSA) is 56.1 Å². The van der Waals surface area contributed by atoms with Gasteiger partial charge in [0.25, 0.3) is 5.56 Å². The molecule has 0 spiro atoms. The third kappa shape index (κ3) is 1.65. The van der Waals surface area contributed by atoms with Crippen LogP contribution in [0.3, 0.4) is 0 Å².